The van der Waals surface area contributed by atoms with Crippen LogP contribution >= 0.6 is 0 Å². The number of nitrogens with zero attached hydrogens (tertiary/aromatic N) is 4. The number of pyridine rings is 2. The summed E-state index contributed by atoms with van der Waals surface area (Å²) >= 11 is 0. The van der Waals surface area contributed by atoms with Gasteiger partial charge in [-0.3, -0.25) is 0 Å². The van der Waals surface area contributed by atoms with Crippen LogP contribution in [0.3, 0.4) is 0 Å². The third kappa shape index (κ3) is 3.98. The van der Waals surface area contributed by atoms with Crippen molar-refractivity contribution >= 4 is 24.1 Å². The molecular weight excluding hydrogens is 296 g/mol. The van der Waals surface area contributed by atoms with Gasteiger partial charge in [0.1, 0.15) is 0 Å². The Morgan fingerprint density at radius 2 is 1.08 bits per heavy atom. The van der Waals surface area contributed by atoms with Gasteiger partial charge >= 0.3 is 0 Å². The van der Waals surface area contributed by atoms with Gasteiger partial charge in [-0.2, -0.15) is 0 Å². The quantitative estimate of drug-likeness (QED) is 0.661. The fourth-order valence-corrected chi connectivity index (χ4v) is 2.16. The molecule has 24 heavy (non-hydrogen) atoms. The van der Waals surface area contributed by atoms with Gasteiger partial charge in [0.25, 0.3) is 0 Å². The Kier molecular flexibility index (Phi) is 4.87. The molecule has 4 heteroatoms. The van der Waals surface area contributed by atoms with Gasteiger partial charge in [0.15, 0.2) is 11.6 Å². The third-order valence-electron chi connectivity index (χ3n) is 3.57. The molecule has 1 aromatic carbocycles. The highest BCUT2D eigenvalue weighted by Gasteiger charge is 1.96. The zero-order valence-corrected chi connectivity index (χ0v) is 13.7. The van der Waals surface area contributed by atoms with Gasteiger partial charge in [0.05, 0.1) is 0 Å². The minimum atomic E-state index is 0.744. The largest absolute Gasteiger partial charge is 0.237 e. The molecule has 3 rings (SSSR count). The van der Waals surface area contributed by atoms with Crippen LogP contribution in [-0.2, 0) is 0 Å². The van der Waals surface area contributed by atoms with Crippen LogP contribution in [0.2, 0.25) is 0 Å². The first-order valence-corrected chi connectivity index (χ1v) is 7.74. The summed E-state index contributed by atoms with van der Waals surface area (Å²) in [5.41, 5.74) is 4.16. The Labute approximate surface area is 141 Å². The minimum Gasteiger partial charge on any atom is -0.237 e. The van der Waals surface area contributed by atoms with E-state index in [0.29, 0.717) is 0 Å². The normalized spacial score (nSPS) is 11.4. The highest BCUT2D eigenvalue weighted by Crippen LogP contribution is 2.14. The molecular formula is C20H18N4. The maximum Gasteiger partial charge on any atom is 0.154 e. The summed E-state index contributed by atoms with van der Waals surface area (Å²) < 4.78 is 0. The molecule has 0 radical (unpaired) electrons. The van der Waals surface area contributed by atoms with E-state index in [-0.39, 0.29) is 0 Å². The summed E-state index contributed by atoms with van der Waals surface area (Å²) in [6, 6.07) is 15.8. The van der Waals surface area contributed by atoms with E-state index in [1.54, 1.807) is 12.4 Å². The highest BCUT2D eigenvalue weighted by atomic mass is 14.9. The zero-order valence-electron chi connectivity index (χ0n) is 13.7. The van der Waals surface area contributed by atoms with Gasteiger partial charge < -0.3 is 0 Å². The molecule has 2 aromatic heterocycles. The molecule has 0 aliphatic heterocycles. The summed E-state index contributed by atoms with van der Waals surface area (Å²) in [4.78, 5) is 17.4. The van der Waals surface area contributed by atoms with Crippen LogP contribution in [0.1, 0.15) is 22.3 Å². The van der Waals surface area contributed by atoms with Crippen molar-refractivity contribution in [2.24, 2.45) is 9.98 Å². The van der Waals surface area contributed by atoms with E-state index < -0.39 is 0 Å². The molecule has 0 atom stereocenters. The van der Waals surface area contributed by atoms with Crippen molar-refractivity contribution in [3.05, 3.63) is 83.2 Å². The molecule has 0 saturated heterocycles. The summed E-state index contributed by atoms with van der Waals surface area (Å²) in [5, 5.41) is 0. The topological polar surface area (TPSA) is 50.5 Å². The van der Waals surface area contributed by atoms with Gasteiger partial charge in [-0.05, 0) is 48.2 Å². The fraction of sp³-hybridized carbons (Fsp3) is 0.100. The van der Waals surface area contributed by atoms with Crippen molar-refractivity contribution in [1.82, 2.24) is 9.97 Å². The lowest BCUT2D eigenvalue weighted by Gasteiger charge is -1.99. The summed E-state index contributed by atoms with van der Waals surface area (Å²) in [7, 11) is 0. The second kappa shape index (κ2) is 7.42. The van der Waals surface area contributed by atoms with E-state index in [4.69, 9.17) is 0 Å². The molecule has 0 unspecified atom stereocenters. The lowest BCUT2D eigenvalue weighted by atomic mass is 10.1. The van der Waals surface area contributed by atoms with E-state index >= 15 is 0 Å². The van der Waals surface area contributed by atoms with E-state index in [1.165, 1.54) is 0 Å². The molecule has 0 aliphatic rings. The van der Waals surface area contributed by atoms with Crippen molar-refractivity contribution in [2.75, 3.05) is 0 Å². The SMILES string of the molecule is Cc1cccnc1/N=C/c1ccc(/C=N/c2ncccc2C)cc1. The summed E-state index contributed by atoms with van der Waals surface area (Å²) in [5.74, 6) is 1.49. The summed E-state index contributed by atoms with van der Waals surface area (Å²) in [6.07, 6.45) is 7.13. The van der Waals surface area contributed by atoms with Crippen molar-refractivity contribution in [2.45, 2.75) is 13.8 Å². The Balaban J connectivity index is 1.72. The van der Waals surface area contributed by atoms with Crippen molar-refractivity contribution in [3.63, 3.8) is 0 Å². The van der Waals surface area contributed by atoms with Crippen LogP contribution < -0.4 is 0 Å². The summed E-state index contributed by atoms with van der Waals surface area (Å²) in [6.45, 7) is 4.00. The van der Waals surface area contributed by atoms with Crippen LogP contribution in [0.15, 0.2) is 70.9 Å². The number of aromatic nitrogens is 2. The van der Waals surface area contributed by atoms with Crippen molar-refractivity contribution in [3.8, 4) is 0 Å². The number of aliphatic imine (C=N–C) groups is 2. The van der Waals surface area contributed by atoms with Gasteiger partial charge in [-0.25, -0.2) is 20.0 Å². The minimum absolute atomic E-state index is 0.744. The lowest BCUT2D eigenvalue weighted by Crippen LogP contribution is -1.86. The van der Waals surface area contributed by atoms with Crippen molar-refractivity contribution in [1.29, 1.82) is 0 Å². The van der Waals surface area contributed by atoms with Gasteiger partial charge in [0, 0.05) is 24.8 Å². The van der Waals surface area contributed by atoms with Crippen LogP contribution in [0.25, 0.3) is 0 Å². The molecule has 0 spiro atoms. The first-order valence-electron chi connectivity index (χ1n) is 7.74. The molecule has 0 fully saturated rings. The van der Waals surface area contributed by atoms with Crippen LogP contribution in [-0.4, -0.2) is 22.4 Å². The lowest BCUT2D eigenvalue weighted by molar-refractivity contribution is 1.23. The number of rotatable bonds is 4. The molecule has 0 bridgehead atoms. The first-order chi connectivity index (χ1) is 11.7. The molecule has 0 saturated carbocycles. The molecule has 0 amide bonds. The molecule has 118 valence electrons. The van der Waals surface area contributed by atoms with Crippen LogP contribution in [0, 0.1) is 13.8 Å². The van der Waals surface area contributed by atoms with Gasteiger partial charge in [0.2, 0.25) is 0 Å². The monoisotopic (exact) mass is 314 g/mol. The average Bonchev–Trinajstić information content (AvgIpc) is 2.61. The molecule has 0 aliphatic carbocycles. The maximum absolute atomic E-state index is 4.43. The number of hydrogen-bond donors (Lipinski definition) is 0. The molecule has 2 heterocycles. The maximum atomic E-state index is 4.43. The molecule has 0 N–H and O–H groups in total. The Morgan fingerprint density at radius 1 is 0.667 bits per heavy atom. The Morgan fingerprint density at radius 3 is 1.46 bits per heavy atom. The van der Waals surface area contributed by atoms with E-state index in [1.807, 2.05) is 74.8 Å². The number of hydrogen-bond acceptors (Lipinski definition) is 4. The first kappa shape index (κ1) is 15.7. The van der Waals surface area contributed by atoms with Crippen molar-refractivity contribution < 1.29 is 0 Å². The van der Waals surface area contributed by atoms with E-state index in [2.05, 4.69) is 20.0 Å². The second-order valence-electron chi connectivity index (χ2n) is 5.47. The Hall–Kier alpha value is -3.14. The molecule has 3 aromatic rings. The standard InChI is InChI=1S/C20H18N4/c1-15-5-3-11-21-19(15)23-13-17-7-9-18(10-8-17)14-24-20-16(2)6-4-12-22-20/h3-14H,1-2H3/b23-13+,24-14+. The van der Waals surface area contributed by atoms with Gasteiger partial charge in [-0.1, -0.05) is 36.4 Å². The fourth-order valence-electron chi connectivity index (χ4n) is 2.16. The molecule has 4 nitrogen and oxygen atoms in total. The van der Waals surface area contributed by atoms with E-state index in [9.17, 15) is 0 Å². The smallest absolute Gasteiger partial charge is 0.154 e. The third-order valence-corrected chi connectivity index (χ3v) is 3.57. The predicted molar refractivity (Wildman–Crippen MR) is 98.9 cm³/mol. The predicted octanol–water partition coefficient (Wildman–Crippen LogP) is 4.59. The van der Waals surface area contributed by atoms with Crippen LogP contribution in [0.5, 0.6) is 0 Å². The zero-order chi connectivity index (χ0) is 16.8. The Bertz CT molecular complexity index is 806. The number of benzene rings is 1. The number of aryl methyl sites for hydroxylation is 2. The highest BCUT2D eigenvalue weighted by molar-refractivity contribution is 5.86. The van der Waals surface area contributed by atoms with Gasteiger partial charge in [-0.15, -0.1) is 0 Å². The van der Waals surface area contributed by atoms with Crippen LogP contribution in [0.4, 0.5) is 11.6 Å². The van der Waals surface area contributed by atoms with E-state index in [0.717, 1.165) is 33.9 Å². The average molecular weight is 314 g/mol. The second-order valence-corrected chi connectivity index (χ2v) is 5.47.